The zero-order valence-corrected chi connectivity index (χ0v) is 12.2. The van der Waals surface area contributed by atoms with E-state index in [0.717, 1.165) is 5.56 Å². The van der Waals surface area contributed by atoms with Crippen LogP contribution in [-0.2, 0) is 6.54 Å². The Labute approximate surface area is 123 Å². The monoisotopic (exact) mass is 289 g/mol. The fourth-order valence-corrected chi connectivity index (χ4v) is 2.09. The number of anilines is 1. The van der Waals surface area contributed by atoms with Crippen LogP contribution in [-0.4, -0.2) is 39.1 Å². The van der Waals surface area contributed by atoms with E-state index in [9.17, 15) is 9.90 Å². The number of aryl methyl sites for hydroxylation is 1. The standard InChI is InChI=1S/C14H19N5O2/c1-3-19(13-8-11(20)5-4-10(13)2)14(21)12-9-18(7-6-15)17-16-12/h4-5,8-9,20H,3,6-7,15H2,1-2H3. The fourth-order valence-electron chi connectivity index (χ4n) is 2.09. The summed E-state index contributed by atoms with van der Waals surface area (Å²) < 4.78 is 1.54. The second-order valence-electron chi connectivity index (χ2n) is 4.68. The summed E-state index contributed by atoms with van der Waals surface area (Å²) in [7, 11) is 0. The number of aromatic hydroxyl groups is 1. The molecule has 0 fully saturated rings. The number of hydrogen-bond acceptors (Lipinski definition) is 5. The molecule has 0 saturated carbocycles. The van der Waals surface area contributed by atoms with Crippen LogP contribution in [0.2, 0.25) is 0 Å². The number of benzene rings is 1. The van der Waals surface area contributed by atoms with E-state index >= 15 is 0 Å². The number of hydrogen-bond donors (Lipinski definition) is 2. The molecular formula is C14H19N5O2. The van der Waals surface area contributed by atoms with Gasteiger partial charge in [-0.3, -0.25) is 9.48 Å². The molecule has 1 amide bonds. The van der Waals surface area contributed by atoms with Crippen LogP contribution in [0.3, 0.4) is 0 Å². The van der Waals surface area contributed by atoms with Gasteiger partial charge >= 0.3 is 0 Å². The van der Waals surface area contributed by atoms with Crippen LogP contribution in [0.5, 0.6) is 5.75 Å². The number of nitrogens with zero attached hydrogens (tertiary/aromatic N) is 4. The number of carbonyl (C=O) groups excluding carboxylic acids is 1. The van der Waals surface area contributed by atoms with Crippen LogP contribution in [0.15, 0.2) is 24.4 Å². The van der Waals surface area contributed by atoms with E-state index < -0.39 is 0 Å². The Morgan fingerprint density at radius 2 is 2.24 bits per heavy atom. The summed E-state index contributed by atoms with van der Waals surface area (Å²) in [5.41, 5.74) is 7.27. The normalized spacial score (nSPS) is 10.6. The lowest BCUT2D eigenvalue weighted by atomic mass is 10.1. The number of phenols is 1. The second kappa shape index (κ2) is 6.36. The minimum Gasteiger partial charge on any atom is -0.508 e. The van der Waals surface area contributed by atoms with E-state index in [1.165, 1.54) is 4.68 Å². The molecule has 0 aliphatic carbocycles. The topological polar surface area (TPSA) is 97.3 Å². The minimum absolute atomic E-state index is 0.119. The van der Waals surface area contributed by atoms with Crippen molar-refractivity contribution in [2.24, 2.45) is 5.73 Å². The molecule has 0 unspecified atom stereocenters. The Morgan fingerprint density at radius 1 is 1.48 bits per heavy atom. The summed E-state index contributed by atoms with van der Waals surface area (Å²) in [4.78, 5) is 14.1. The van der Waals surface area contributed by atoms with Gasteiger partial charge < -0.3 is 15.7 Å². The number of phenolic OH excluding ortho intramolecular Hbond substituents is 1. The predicted octanol–water partition coefficient (Wildman–Crippen LogP) is 0.918. The first-order valence-corrected chi connectivity index (χ1v) is 6.78. The Kier molecular flexibility index (Phi) is 4.54. The molecule has 112 valence electrons. The van der Waals surface area contributed by atoms with E-state index in [-0.39, 0.29) is 17.4 Å². The maximum absolute atomic E-state index is 12.6. The van der Waals surface area contributed by atoms with Crippen molar-refractivity contribution >= 4 is 11.6 Å². The van der Waals surface area contributed by atoms with Crippen molar-refractivity contribution in [2.45, 2.75) is 20.4 Å². The third-order valence-electron chi connectivity index (χ3n) is 3.16. The average Bonchev–Trinajstić information content (AvgIpc) is 2.92. The first-order valence-electron chi connectivity index (χ1n) is 6.78. The molecule has 1 aromatic carbocycles. The highest BCUT2D eigenvalue weighted by Gasteiger charge is 2.21. The number of amides is 1. The van der Waals surface area contributed by atoms with Crippen molar-refractivity contribution < 1.29 is 9.90 Å². The van der Waals surface area contributed by atoms with Crippen LogP contribution in [0.25, 0.3) is 0 Å². The molecule has 2 rings (SSSR count). The second-order valence-corrected chi connectivity index (χ2v) is 4.68. The van der Waals surface area contributed by atoms with E-state index in [4.69, 9.17) is 5.73 Å². The maximum atomic E-state index is 12.6. The minimum atomic E-state index is -0.255. The van der Waals surface area contributed by atoms with Crippen molar-refractivity contribution in [3.05, 3.63) is 35.7 Å². The quantitative estimate of drug-likeness (QED) is 0.853. The van der Waals surface area contributed by atoms with Crippen molar-refractivity contribution in [1.82, 2.24) is 15.0 Å². The summed E-state index contributed by atoms with van der Waals surface area (Å²) in [5.74, 6) is -0.136. The molecular weight excluding hydrogens is 270 g/mol. The Morgan fingerprint density at radius 3 is 2.90 bits per heavy atom. The van der Waals surface area contributed by atoms with Gasteiger partial charge in [0.25, 0.3) is 5.91 Å². The highest BCUT2D eigenvalue weighted by Crippen LogP contribution is 2.25. The van der Waals surface area contributed by atoms with Crippen molar-refractivity contribution in [3.63, 3.8) is 0 Å². The van der Waals surface area contributed by atoms with Gasteiger partial charge in [-0.2, -0.15) is 0 Å². The van der Waals surface area contributed by atoms with Gasteiger partial charge in [-0.25, -0.2) is 0 Å². The molecule has 0 bridgehead atoms. The Hall–Kier alpha value is -2.41. The molecule has 7 heteroatoms. The van der Waals surface area contributed by atoms with Crippen molar-refractivity contribution in [2.75, 3.05) is 18.0 Å². The molecule has 0 spiro atoms. The zero-order valence-electron chi connectivity index (χ0n) is 12.2. The molecule has 1 aromatic heterocycles. The van der Waals surface area contributed by atoms with Crippen LogP contribution in [0, 0.1) is 6.92 Å². The summed E-state index contributed by atoms with van der Waals surface area (Å²) >= 11 is 0. The van der Waals surface area contributed by atoms with Crippen molar-refractivity contribution in [3.8, 4) is 5.75 Å². The molecule has 0 atom stereocenters. The predicted molar refractivity (Wildman–Crippen MR) is 79.3 cm³/mol. The smallest absolute Gasteiger partial charge is 0.280 e. The van der Waals surface area contributed by atoms with Gasteiger partial charge in [0.1, 0.15) is 5.75 Å². The molecule has 3 N–H and O–H groups in total. The van der Waals surface area contributed by atoms with Gasteiger partial charge in [-0.05, 0) is 25.5 Å². The Bertz CT molecular complexity index is 638. The number of aromatic nitrogens is 3. The summed E-state index contributed by atoms with van der Waals surface area (Å²) in [6, 6.07) is 4.93. The highest BCUT2D eigenvalue weighted by molar-refractivity contribution is 6.05. The SMILES string of the molecule is CCN(C(=O)c1cn(CCN)nn1)c1cc(O)ccc1C. The van der Waals surface area contributed by atoms with E-state index in [1.807, 2.05) is 13.8 Å². The van der Waals surface area contributed by atoms with Crippen molar-refractivity contribution in [1.29, 1.82) is 0 Å². The summed E-state index contributed by atoms with van der Waals surface area (Å²) in [6.45, 7) is 5.16. The molecule has 0 radical (unpaired) electrons. The maximum Gasteiger partial charge on any atom is 0.280 e. The largest absolute Gasteiger partial charge is 0.508 e. The van der Waals surface area contributed by atoms with Crippen LogP contribution >= 0.6 is 0 Å². The summed E-state index contributed by atoms with van der Waals surface area (Å²) in [5, 5.41) is 17.4. The Balaban J connectivity index is 2.31. The molecule has 0 aliphatic rings. The lowest BCUT2D eigenvalue weighted by Crippen LogP contribution is -2.31. The third-order valence-corrected chi connectivity index (χ3v) is 3.16. The third kappa shape index (κ3) is 3.19. The van der Waals surface area contributed by atoms with Crippen LogP contribution in [0.4, 0.5) is 5.69 Å². The lowest BCUT2D eigenvalue weighted by Gasteiger charge is -2.22. The lowest BCUT2D eigenvalue weighted by molar-refractivity contribution is 0.0983. The van der Waals surface area contributed by atoms with Gasteiger partial charge in [0.05, 0.1) is 18.4 Å². The molecule has 0 aliphatic heterocycles. The van der Waals surface area contributed by atoms with Crippen LogP contribution < -0.4 is 10.6 Å². The van der Waals surface area contributed by atoms with Gasteiger partial charge in [0, 0.05) is 19.2 Å². The number of nitrogens with two attached hydrogens (primary N) is 1. The zero-order chi connectivity index (χ0) is 15.4. The van der Waals surface area contributed by atoms with E-state index in [2.05, 4.69) is 10.3 Å². The molecule has 21 heavy (non-hydrogen) atoms. The van der Waals surface area contributed by atoms with Gasteiger partial charge in [-0.15, -0.1) is 5.10 Å². The molecule has 0 saturated heterocycles. The van der Waals surface area contributed by atoms with E-state index in [1.54, 1.807) is 29.3 Å². The molecule has 2 aromatic rings. The average molecular weight is 289 g/mol. The number of rotatable bonds is 5. The van der Waals surface area contributed by atoms with Gasteiger partial charge in [0.15, 0.2) is 5.69 Å². The van der Waals surface area contributed by atoms with E-state index in [0.29, 0.717) is 25.3 Å². The first-order chi connectivity index (χ1) is 10.1. The fraction of sp³-hybridized carbons (Fsp3) is 0.357. The van der Waals surface area contributed by atoms with Crippen LogP contribution in [0.1, 0.15) is 23.0 Å². The molecule has 1 heterocycles. The van der Waals surface area contributed by atoms with Gasteiger partial charge in [-0.1, -0.05) is 11.3 Å². The molecule has 7 nitrogen and oxygen atoms in total. The number of carbonyl (C=O) groups is 1. The first kappa shape index (κ1) is 15.0. The summed E-state index contributed by atoms with van der Waals surface area (Å²) in [6.07, 6.45) is 1.58. The van der Waals surface area contributed by atoms with Gasteiger partial charge in [0.2, 0.25) is 0 Å². The highest BCUT2D eigenvalue weighted by atomic mass is 16.3.